The molecule has 1 unspecified atom stereocenters. The van der Waals surface area contributed by atoms with Crippen LogP contribution in [0.3, 0.4) is 0 Å². The highest BCUT2D eigenvalue weighted by molar-refractivity contribution is 7.91. The van der Waals surface area contributed by atoms with E-state index in [2.05, 4.69) is 20.6 Å². The largest absolute Gasteiger partial charge is 0.495 e. The Hall–Kier alpha value is -2.68. The van der Waals surface area contributed by atoms with E-state index in [9.17, 15) is 13.2 Å². The third-order valence-corrected chi connectivity index (χ3v) is 5.60. The van der Waals surface area contributed by atoms with Crippen molar-refractivity contribution in [3.63, 3.8) is 0 Å². The van der Waals surface area contributed by atoms with E-state index in [1.54, 1.807) is 24.3 Å². The molecule has 2 aromatic rings. The molecule has 1 aromatic carbocycles. The smallest absolute Gasteiger partial charge is 0.258 e. The number of carbonyl (C=O) groups is 1. The lowest BCUT2D eigenvalue weighted by molar-refractivity contribution is 0.102. The van der Waals surface area contributed by atoms with Gasteiger partial charge in [-0.15, -0.1) is 0 Å². The number of ether oxygens (including phenoxy) is 1. The molecule has 1 atom stereocenters. The number of para-hydroxylation sites is 2. The van der Waals surface area contributed by atoms with Crippen molar-refractivity contribution in [3.8, 4) is 5.75 Å². The summed E-state index contributed by atoms with van der Waals surface area (Å²) in [4.78, 5) is 20.4. The maximum atomic E-state index is 12.3. The summed E-state index contributed by atoms with van der Waals surface area (Å²) in [5, 5.41) is 5.71. The third-order valence-electron chi connectivity index (χ3n) is 3.83. The Morgan fingerprint density at radius 1 is 1.24 bits per heavy atom. The van der Waals surface area contributed by atoms with Crippen LogP contribution in [0, 0.1) is 0 Å². The van der Waals surface area contributed by atoms with Crippen molar-refractivity contribution in [2.24, 2.45) is 0 Å². The fourth-order valence-corrected chi connectivity index (χ4v) is 4.23. The first kappa shape index (κ1) is 17.2. The van der Waals surface area contributed by atoms with E-state index >= 15 is 0 Å². The second-order valence-corrected chi connectivity index (χ2v) is 7.92. The molecule has 0 spiro atoms. The molecule has 9 heteroatoms. The first-order valence-corrected chi connectivity index (χ1v) is 9.52. The maximum Gasteiger partial charge on any atom is 0.258 e. The summed E-state index contributed by atoms with van der Waals surface area (Å²) < 4.78 is 28.1. The molecule has 132 valence electrons. The third kappa shape index (κ3) is 4.24. The Bertz CT molecular complexity index is 868. The zero-order chi connectivity index (χ0) is 17.9. The van der Waals surface area contributed by atoms with E-state index in [0.29, 0.717) is 23.8 Å². The summed E-state index contributed by atoms with van der Waals surface area (Å²) in [5.74, 6) is 0.740. The van der Waals surface area contributed by atoms with Crippen molar-refractivity contribution in [2.45, 2.75) is 12.5 Å². The molecule has 0 aliphatic carbocycles. The predicted octanol–water partition coefficient (Wildman–Crippen LogP) is 1.34. The number of rotatable bonds is 5. The molecule has 0 saturated carbocycles. The number of anilines is 2. The van der Waals surface area contributed by atoms with Crippen molar-refractivity contribution in [1.29, 1.82) is 0 Å². The Morgan fingerprint density at radius 3 is 2.60 bits per heavy atom. The predicted molar refractivity (Wildman–Crippen MR) is 93.7 cm³/mol. The van der Waals surface area contributed by atoms with E-state index in [1.807, 2.05) is 0 Å². The molecule has 0 bridgehead atoms. The van der Waals surface area contributed by atoms with E-state index in [4.69, 9.17) is 4.74 Å². The summed E-state index contributed by atoms with van der Waals surface area (Å²) in [6.45, 7) is 0. The van der Waals surface area contributed by atoms with Gasteiger partial charge in [-0.3, -0.25) is 4.79 Å². The van der Waals surface area contributed by atoms with Crippen LogP contribution >= 0.6 is 0 Å². The van der Waals surface area contributed by atoms with Gasteiger partial charge in [0, 0.05) is 18.4 Å². The van der Waals surface area contributed by atoms with Gasteiger partial charge in [0.25, 0.3) is 5.91 Å². The van der Waals surface area contributed by atoms with E-state index in [-0.39, 0.29) is 29.0 Å². The molecule has 1 aliphatic heterocycles. The number of aromatic nitrogens is 2. The van der Waals surface area contributed by atoms with E-state index < -0.39 is 9.84 Å². The Morgan fingerprint density at radius 2 is 1.96 bits per heavy atom. The summed E-state index contributed by atoms with van der Waals surface area (Å²) in [6.07, 6.45) is 3.31. The topological polar surface area (TPSA) is 110 Å². The second kappa shape index (κ2) is 7.06. The van der Waals surface area contributed by atoms with Crippen molar-refractivity contribution in [1.82, 2.24) is 9.97 Å². The summed E-state index contributed by atoms with van der Waals surface area (Å²) in [5.41, 5.74) is 0.837. The number of methoxy groups -OCH3 is 1. The molecule has 1 aliphatic rings. The van der Waals surface area contributed by atoms with Gasteiger partial charge in [0.05, 0.1) is 29.9 Å². The quantitative estimate of drug-likeness (QED) is 0.826. The number of amides is 1. The molecule has 2 heterocycles. The Labute approximate surface area is 145 Å². The number of sulfone groups is 1. The van der Waals surface area contributed by atoms with Crippen molar-refractivity contribution in [3.05, 3.63) is 42.2 Å². The Kier molecular flexibility index (Phi) is 4.84. The molecule has 1 amide bonds. The zero-order valence-corrected chi connectivity index (χ0v) is 14.4. The standard InChI is InChI=1S/C16H18N4O4S/c1-24-14-5-3-2-4-13(14)20-15(21)11-8-17-16(18-9-11)19-12-6-7-25(22,23)10-12/h2-5,8-9,12H,6-7,10H2,1H3,(H,20,21)(H,17,18,19). The molecule has 3 rings (SSSR count). The van der Waals surface area contributed by atoms with Crippen LogP contribution in [0.5, 0.6) is 5.75 Å². The molecule has 0 radical (unpaired) electrons. The second-order valence-electron chi connectivity index (χ2n) is 5.69. The SMILES string of the molecule is COc1ccccc1NC(=O)c1cnc(NC2CCS(=O)(=O)C2)nc1. The number of benzene rings is 1. The average Bonchev–Trinajstić information content (AvgIpc) is 2.94. The molecule has 25 heavy (non-hydrogen) atoms. The van der Waals surface area contributed by atoms with Crippen LogP contribution < -0.4 is 15.4 Å². The first-order chi connectivity index (χ1) is 12.0. The maximum absolute atomic E-state index is 12.3. The number of carbonyl (C=O) groups excluding carboxylic acids is 1. The van der Waals surface area contributed by atoms with Crippen LogP contribution in [0.1, 0.15) is 16.8 Å². The number of hydrogen-bond donors (Lipinski definition) is 2. The van der Waals surface area contributed by atoms with Crippen LogP contribution in [-0.4, -0.2) is 49.0 Å². The van der Waals surface area contributed by atoms with Gasteiger partial charge in [0.1, 0.15) is 5.75 Å². The minimum Gasteiger partial charge on any atom is -0.495 e. The highest BCUT2D eigenvalue weighted by Gasteiger charge is 2.28. The summed E-state index contributed by atoms with van der Waals surface area (Å²) in [6, 6.07) is 6.87. The highest BCUT2D eigenvalue weighted by Crippen LogP contribution is 2.23. The van der Waals surface area contributed by atoms with Crippen LogP contribution in [0.2, 0.25) is 0 Å². The summed E-state index contributed by atoms with van der Waals surface area (Å²) >= 11 is 0. The Balaban J connectivity index is 1.64. The van der Waals surface area contributed by atoms with Gasteiger partial charge in [-0.25, -0.2) is 18.4 Å². The highest BCUT2D eigenvalue weighted by atomic mass is 32.2. The number of nitrogens with zero attached hydrogens (tertiary/aromatic N) is 2. The van der Waals surface area contributed by atoms with Crippen LogP contribution in [0.15, 0.2) is 36.7 Å². The van der Waals surface area contributed by atoms with Gasteiger partial charge < -0.3 is 15.4 Å². The first-order valence-electron chi connectivity index (χ1n) is 7.70. The molecule has 1 fully saturated rings. The lowest BCUT2D eigenvalue weighted by atomic mass is 10.2. The van der Waals surface area contributed by atoms with E-state index in [1.165, 1.54) is 19.5 Å². The summed E-state index contributed by atoms with van der Waals surface area (Å²) in [7, 11) is -1.45. The fraction of sp³-hybridized carbons (Fsp3) is 0.312. The molecule has 1 aromatic heterocycles. The number of nitrogens with one attached hydrogen (secondary N) is 2. The van der Waals surface area contributed by atoms with Gasteiger partial charge in [0.2, 0.25) is 5.95 Å². The zero-order valence-electron chi connectivity index (χ0n) is 13.6. The van der Waals surface area contributed by atoms with Gasteiger partial charge in [-0.2, -0.15) is 0 Å². The molecule has 2 N–H and O–H groups in total. The number of hydrogen-bond acceptors (Lipinski definition) is 7. The van der Waals surface area contributed by atoms with Gasteiger partial charge in [-0.1, -0.05) is 12.1 Å². The van der Waals surface area contributed by atoms with Crippen molar-refractivity contribution in [2.75, 3.05) is 29.2 Å². The van der Waals surface area contributed by atoms with E-state index in [0.717, 1.165) is 0 Å². The average molecular weight is 362 g/mol. The molecule has 1 saturated heterocycles. The van der Waals surface area contributed by atoms with Crippen LogP contribution in [0.4, 0.5) is 11.6 Å². The van der Waals surface area contributed by atoms with Gasteiger partial charge in [0.15, 0.2) is 9.84 Å². The normalized spacial score (nSPS) is 18.5. The van der Waals surface area contributed by atoms with Gasteiger partial charge in [-0.05, 0) is 18.6 Å². The fourth-order valence-electron chi connectivity index (χ4n) is 2.55. The monoisotopic (exact) mass is 362 g/mol. The minimum atomic E-state index is -2.97. The van der Waals surface area contributed by atoms with Gasteiger partial charge >= 0.3 is 0 Å². The lowest BCUT2D eigenvalue weighted by Gasteiger charge is -2.11. The minimum absolute atomic E-state index is 0.0758. The lowest BCUT2D eigenvalue weighted by Crippen LogP contribution is -2.22. The van der Waals surface area contributed by atoms with Crippen LogP contribution in [-0.2, 0) is 9.84 Å². The van der Waals surface area contributed by atoms with Crippen molar-refractivity contribution < 1.29 is 17.9 Å². The molecule has 8 nitrogen and oxygen atoms in total. The molecular formula is C16H18N4O4S. The molecular weight excluding hydrogens is 344 g/mol. The van der Waals surface area contributed by atoms with Crippen molar-refractivity contribution >= 4 is 27.4 Å². The van der Waals surface area contributed by atoms with Crippen LogP contribution in [0.25, 0.3) is 0 Å².